The molecule has 0 heterocycles. The van der Waals surface area contributed by atoms with Crippen LogP contribution in [0.4, 0.5) is 0 Å². The van der Waals surface area contributed by atoms with Crippen LogP contribution in [0.2, 0.25) is 0 Å². The summed E-state index contributed by atoms with van der Waals surface area (Å²) in [5.41, 5.74) is 18.7. The van der Waals surface area contributed by atoms with Gasteiger partial charge in [-0.25, -0.2) is 0 Å². The molecule has 0 saturated carbocycles. The van der Waals surface area contributed by atoms with Crippen molar-refractivity contribution in [1.29, 1.82) is 0 Å². The second-order valence-electron chi connectivity index (χ2n) is 15.7. The van der Waals surface area contributed by atoms with Gasteiger partial charge >= 0.3 is 0 Å². The topological polar surface area (TPSA) is 55.4 Å². The Balaban J connectivity index is 1.16. The monoisotopic (exact) mass is 790 g/mol. The van der Waals surface area contributed by atoms with Gasteiger partial charge in [-0.1, -0.05) is 121 Å². The summed E-state index contributed by atoms with van der Waals surface area (Å²) in [5.74, 6) is 11.8. The highest BCUT2D eigenvalue weighted by Crippen LogP contribution is 2.62. The number of hydrogen-bond acceptors (Lipinski definition) is 6. The van der Waals surface area contributed by atoms with E-state index in [9.17, 15) is 0 Å². The van der Waals surface area contributed by atoms with Gasteiger partial charge in [0, 0.05) is 55.6 Å². The molecule has 0 N–H and O–H groups in total. The number of hydrogen-bond donors (Lipinski definition) is 0. The van der Waals surface area contributed by atoms with Gasteiger partial charge in [-0.05, 0) is 66.8 Å². The first-order chi connectivity index (χ1) is 29.7. The van der Waals surface area contributed by atoms with Gasteiger partial charge in [0.1, 0.15) is 24.7 Å². The van der Waals surface area contributed by atoms with Gasteiger partial charge in [-0.15, -0.1) is 6.42 Å². The molecule has 12 rings (SSSR count). The van der Waals surface area contributed by atoms with Crippen LogP contribution in [0, 0.1) is 24.2 Å². The Kier molecular flexibility index (Phi) is 10.5. The first kappa shape index (κ1) is 38.1. The summed E-state index contributed by atoms with van der Waals surface area (Å²) in [6.45, 7) is 3.42. The lowest BCUT2D eigenvalue weighted by molar-refractivity contribution is 0.0538. The highest BCUT2D eigenvalue weighted by atomic mass is 16.5. The minimum atomic E-state index is 0.0405. The standard InChI is InChI=1S/C54H46O6/c1-4-34-31-48(60-30-28-58-26-24-56-3)35(32-47(34)59-29-27-57-25-23-55-2)21-22-44-53-45(49-36-13-5-9-17-40(36)51(53)41-18-10-6-14-37(41)49)33-46-50-38-15-7-11-19-42(38)52(54(44)46)43-20-12-8-16-39(43)50/h1,5-20,31-33,49-52H,23-30H2,2-3H3. The summed E-state index contributed by atoms with van der Waals surface area (Å²) in [7, 11) is 3.32. The molecule has 0 fully saturated rings. The SMILES string of the molecule is C#Cc1cc(OCCOCCOC)c(C#Cc2c3c(cc4c2C2c5ccccc5C4c4ccccc42)C2c4ccccc4C3c3ccccc32)cc1OCCOCCOC. The Labute approximate surface area is 352 Å². The fourth-order valence-corrected chi connectivity index (χ4v) is 10.1. The van der Waals surface area contributed by atoms with Gasteiger partial charge in [0.2, 0.25) is 0 Å². The van der Waals surface area contributed by atoms with Gasteiger partial charge < -0.3 is 28.4 Å². The molecule has 0 aromatic heterocycles. The maximum atomic E-state index is 6.43. The van der Waals surface area contributed by atoms with Crippen LogP contribution in [-0.2, 0) is 18.9 Å². The number of benzene rings is 6. The maximum absolute atomic E-state index is 6.43. The maximum Gasteiger partial charge on any atom is 0.136 e. The molecule has 0 atom stereocenters. The molecule has 0 radical (unpaired) electrons. The largest absolute Gasteiger partial charge is 0.490 e. The van der Waals surface area contributed by atoms with Crippen molar-refractivity contribution in [3.05, 3.63) is 199 Å². The van der Waals surface area contributed by atoms with Crippen molar-refractivity contribution in [2.45, 2.75) is 23.7 Å². The van der Waals surface area contributed by atoms with Crippen LogP contribution in [0.25, 0.3) is 0 Å². The highest BCUT2D eigenvalue weighted by Gasteiger charge is 2.48. The van der Waals surface area contributed by atoms with Crippen LogP contribution in [0.1, 0.15) is 107 Å². The molecule has 6 aliphatic rings. The molecule has 6 heteroatoms. The molecule has 60 heavy (non-hydrogen) atoms. The zero-order valence-electron chi connectivity index (χ0n) is 34.0. The third-order valence-corrected chi connectivity index (χ3v) is 12.5. The Hall–Kier alpha value is -6.12. The van der Waals surface area contributed by atoms with Crippen molar-refractivity contribution in [1.82, 2.24) is 0 Å². The fraction of sp³-hybridized carbons (Fsp3) is 0.259. The predicted molar refractivity (Wildman–Crippen MR) is 233 cm³/mol. The van der Waals surface area contributed by atoms with Gasteiger partial charge in [-0.3, -0.25) is 0 Å². The third kappa shape index (κ3) is 6.40. The molecule has 4 bridgehead atoms. The van der Waals surface area contributed by atoms with Crippen LogP contribution in [0.5, 0.6) is 11.5 Å². The number of ether oxygens (including phenoxy) is 6. The molecule has 6 aliphatic carbocycles. The number of terminal acetylenes is 1. The van der Waals surface area contributed by atoms with E-state index in [4.69, 9.17) is 34.8 Å². The van der Waals surface area contributed by atoms with E-state index in [0.29, 0.717) is 75.5 Å². The van der Waals surface area contributed by atoms with E-state index >= 15 is 0 Å². The normalized spacial score (nSPS) is 17.8. The van der Waals surface area contributed by atoms with Crippen molar-refractivity contribution in [3.63, 3.8) is 0 Å². The molecule has 0 amide bonds. The van der Waals surface area contributed by atoms with E-state index in [1.54, 1.807) is 14.2 Å². The van der Waals surface area contributed by atoms with Crippen LogP contribution in [0.15, 0.2) is 115 Å². The molecule has 0 aliphatic heterocycles. The smallest absolute Gasteiger partial charge is 0.136 e. The van der Waals surface area contributed by atoms with E-state index in [0.717, 1.165) is 5.56 Å². The quantitative estimate of drug-likeness (QED) is 0.0810. The fourth-order valence-electron chi connectivity index (χ4n) is 10.1. The van der Waals surface area contributed by atoms with Crippen molar-refractivity contribution < 1.29 is 28.4 Å². The third-order valence-electron chi connectivity index (χ3n) is 12.5. The molecular weight excluding hydrogens is 745 g/mol. The van der Waals surface area contributed by atoms with E-state index in [1.807, 2.05) is 12.1 Å². The summed E-state index contributed by atoms with van der Waals surface area (Å²) in [6.07, 6.45) is 6.08. The minimum Gasteiger partial charge on any atom is -0.490 e. The van der Waals surface area contributed by atoms with Crippen LogP contribution in [0.3, 0.4) is 0 Å². The second-order valence-corrected chi connectivity index (χ2v) is 15.7. The molecule has 0 saturated heterocycles. The van der Waals surface area contributed by atoms with E-state index in [2.05, 4.69) is 121 Å². The summed E-state index contributed by atoms with van der Waals surface area (Å²) in [6, 6.07) is 42.4. The Morgan fingerprint density at radius 3 is 1.18 bits per heavy atom. The van der Waals surface area contributed by atoms with E-state index in [1.165, 1.54) is 66.8 Å². The van der Waals surface area contributed by atoms with Crippen molar-refractivity contribution in [2.75, 3.05) is 67.1 Å². The Bertz CT molecular complexity index is 2490. The van der Waals surface area contributed by atoms with Gasteiger partial charge in [-0.2, -0.15) is 0 Å². The predicted octanol–water partition coefficient (Wildman–Crippen LogP) is 9.13. The first-order valence-corrected chi connectivity index (χ1v) is 20.8. The Morgan fingerprint density at radius 2 is 0.783 bits per heavy atom. The zero-order chi connectivity index (χ0) is 40.6. The second kappa shape index (κ2) is 16.5. The first-order valence-electron chi connectivity index (χ1n) is 20.8. The summed E-state index contributed by atoms with van der Waals surface area (Å²) in [4.78, 5) is 0. The summed E-state index contributed by atoms with van der Waals surface area (Å²) >= 11 is 0. The van der Waals surface area contributed by atoms with Gasteiger partial charge in [0.25, 0.3) is 0 Å². The van der Waals surface area contributed by atoms with Crippen LogP contribution < -0.4 is 9.47 Å². The molecule has 6 aromatic rings. The summed E-state index contributed by atoms with van der Waals surface area (Å²) < 4.78 is 34.4. The van der Waals surface area contributed by atoms with Crippen molar-refractivity contribution >= 4 is 0 Å². The molecule has 0 unspecified atom stereocenters. The average Bonchev–Trinajstić information content (AvgIpc) is 3.30. The van der Waals surface area contributed by atoms with Crippen LogP contribution in [-0.4, -0.2) is 67.1 Å². The number of rotatable bonds is 14. The summed E-state index contributed by atoms with van der Waals surface area (Å²) in [5, 5.41) is 0. The van der Waals surface area contributed by atoms with Gasteiger partial charge in [0.15, 0.2) is 0 Å². The lowest BCUT2D eigenvalue weighted by Gasteiger charge is -2.47. The lowest BCUT2D eigenvalue weighted by atomic mass is 9.55. The lowest BCUT2D eigenvalue weighted by Crippen LogP contribution is -2.33. The van der Waals surface area contributed by atoms with E-state index in [-0.39, 0.29) is 23.7 Å². The minimum absolute atomic E-state index is 0.0405. The molecule has 6 aromatic carbocycles. The highest BCUT2D eigenvalue weighted by molar-refractivity contribution is 5.79. The molecule has 298 valence electrons. The average molecular weight is 791 g/mol. The van der Waals surface area contributed by atoms with Crippen LogP contribution >= 0.6 is 0 Å². The van der Waals surface area contributed by atoms with Crippen molar-refractivity contribution in [2.24, 2.45) is 0 Å². The molecule has 0 spiro atoms. The molecular formula is C54H46O6. The molecule has 6 nitrogen and oxygen atoms in total. The van der Waals surface area contributed by atoms with Crippen molar-refractivity contribution in [3.8, 4) is 35.7 Å². The van der Waals surface area contributed by atoms with Gasteiger partial charge in [0.05, 0.1) is 50.8 Å². The Morgan fingerprint density at radius 1 is 0.417 bits per heavy atom. The number of methoxy groups -OCH3 is 2. The van der Waals surface area contributed by atoms with E-state index < -0.39 is 0 Å². The zero-order valence-corrected chi connectivity index (χ0v) is 34.0.